The Morgan fingerprint density at radius 3 is 1.67 bits per heavy atom. The van der Waals surface area contributed by atoms with E-state index in [2.05, 4.69) is 151 Å². The summed E-state index contributed by atoms with van der Waals surface area (Å²) in [5.41, 5.74) is 8.75. The van der Waals surface area contributed by atoms with E-state index in [1.807, 2.05) is 0 Å². The third-order valence-electron chi connectivity index (χ3n) is 8.93. The Kier molecular flexibility index (Phi) is 7.80. The lowest BCUT2D eigenvalue weighted by Gasteiger charge is -2.26. The molecule has 224 valence electrons. The van der Waals surface area contributed by atoms with E-state index < -0.39 is 7.92 Å². The minimum atomic E-state index is -0.908. The molecule has 1 aliphatic heterocycles. The SMILES string of the molecule is Cc1cc(C)cc(P(c2cc(C)cc(C)c2)c2ccc3ccccc3c2-c2c(C3=N[C@@H](C(C)C)CO3)ccc3ccccc23)c1. The van der Waals surface area contributed by atoms with Gasteiger partial charge in [0.25, 0.3) is 0 Å². The van der Waals surface area contributed by atoms with Crippen LogP contribution >= 0.6 is 7.92 Å². The molecule has 0 saturated carbocycles. The van der Waals surface area contributed by atoms with E-state index >= 15 is 0 Å². The van der Waals surface area contributed by atoms with Gasteiger partial charge < -0.3 is 4.74 Å². The predicted molar refractivity (Wildman–Crippen MR) is 196 cm³/mol. The summed E-state index contributed by atoms with van der Waals surface area (Å²) in [6.45, 7) is 14.0. The molecule has 0 aliphatic carbocycles. The van der Waals surface area contributed by atoms with Crippen LogP contribution in [0.5, 0.6) is 0 Å². The van der Waals surface area contributed by atoms with Gasteiger partial charge in [-0.1, -0.05) is 139 Å². The summed E-state index contributed by atoms with van der Waals surface area (Å²) < 4.78 is 6.42. The van der Waals surface area contributed by atoms with Crippen LogP contribution in [-0.4, -0.2) is 18.5 Å². The van der Waals surface area contributed by atoms with E-state index in [0.29, 0.717) is 12.5 Å². The lowest BCUT2D eigenvalue weighted by molar-refractivity contribution is 0.292. The number of aryl methyl sites for hydroxylation is 4. The van der Waals surface area contributed by atoms with Crippen molar-refractivity contribution in [2.75, 3.05) is 6.61 Å². The largest absolute Gasteiger partial charge is 0.475 e. The van der Waals surface area contributed by atoms with Gasteiger partial charge in [-0.25, -0.2) is 4.99 Å². The van der Waals surface area contributed by atoms with Crippen molar-refractivity contribution < 1.29 is 4.74 Å². The lowest BCUT2D eigenvalue weighted by atomic mass is 9.90. The van der Waals surface area contributed by atoms with E-state index in [1.54, 1.807) is 0 Å². The van der Waals surface area contributed by atoms with Crippen molar-refractivity contribution in [3.05, 3.63) is 137 Å². The van der Waals surface area contributed by atoms with Crippen molar-refractivity contribution in [3.63, 3.8) is 0 Å². The molecule has 0 amide bonds. The molecule has 6 aromatic rings. The number of hydrogen-bond acceptors (Lipinski definition) is 2. The molecule has 0 unspecified atom stereocenters. The Morgan fingerprint density at radius 2 is 1.13 bits per heavy atom. The van der Waals surface area contributed by atoms with Gasteiger partial charge in [-0.3, -0.25) is 0 Å². The molecule has 1 aliphatic rings. The number of benzene rings is 6. The van der Waals surface area contributed by atoms with Gasteiger partial charge in [0.05, 0.1) is 6.04 Å². The Hall–Kier alpha value is -4.26. The Labute approximate surface area is 268 Å². The van der Waals surface area contributed by atoms with E-state index in [0.717, 1.165) is 11.5 Å². The molecular formula is C42H40NOP. The van der Waals surface area contributed by atoms with Gasteiger partial charge in [0.2, 0.25) is 5.90 Å². The third kappa shape index (κ3) is 5.58. The molecule has 0 radical (unpaired) electrons. The highest BCUT2D eigenvalue weighted by molar-refractivity contribution is 7.80. The molecule has 7 rings (SSSR count). The van der Waals surface area contributed by atoms with Crippen molar-refractivity contribution in [3.8, 4) is 11.1 Å². The number of rotatable bonds is 6. The average Bonchev–Trinajstić information content (AvgIpc) is 3.51. The first-order valence-electron chi connectivity index (χ1n) is 16.0. The van der Waals surface area contributed by atoms with Crippen molar-refractivity contribution >= 4 is 51.3 Å². The quantitative estimate of drug-likeness (QED) is 0.173. The topological polar surface area (TPSA) is 21.6 Å². The van der Waals surface area contributed by atoms with Crippen molar-refractivity contribution in [1.82, 2.24) is 0 Å². The average molecular weight is 606 g/mol. The summed E-state index contributed by atoms with van der Waals surface area (Å²) in [7, 11) is -0.908. The molecule has 0 aromatic heterocycles. The standard InChI is InChI=1S/C42H40NOP/c1-26(2)38-25-44-42(43-38)37-17-15-31-11-7-9-13-35(31)40(37)41-36-14-10-8-12-32(36)16-18-39(41)45(33-21-27(3)19-28(4)22-33)34-23-29(5)20-30(6)24-34/h7-24,26,38H,25H2,1-6H3/t38-/m1/s1. The van der Waals surface area contributed by atoms with Gasteiger partial charge in [-0.15, -0.1) is 0 Å². The van der Waals surface area contributed by atoms with Gasteiger partial charge in [-0.2, -0.15) is 0 Å². The van der Waals surface area contributed by atoms with Gasteiger partial charge in [0.15, 0.2) is 0 Å². The summed E-state index contributed by atoms with van der Waals surface area (Å²) in [6.07, 6.45) is 0. The van der Waals surface area contributed by atoms with E-state index in [-0.39, 0.29) is 6.04 Å². The summed E-state index contributed by atoms with van der Waals surface area (Å²) in [4.78, 5) is 5.17. The van der Waals surface area contributed by atoms with Crippen LogP contribution in [0.4, 0.5) is 0 Å². The number of aliphatic imine (C=N–C) groups is 1. The highest BCUT2D eigenvalue weighted by atomic mass is 31.1. The Balaban J connectivity index is 1.62. The third-order valence-corrected chi connectivity index (χ3v) is 11.3. The van der Waals surface area contributed by atoms with Crippen LogP contribution in [0.2, 0.25) is 0 Å². The molecule has 1 heterocycles. The fourth-order valence-electron chi connectivity index (χ4n) is 6.89. The zero-order valence-corrected chi connectivity index (χ0v) is 28.0. The minimum Gasteiger partial charge on any atom is -0.475 e. The molecule has 0 saturated heterocycles. The first kappa shape index (κ1) is 29.5. The molecule has 2 nitrogen and oxygen atoms in total. The van der Waals surface area contributed by atoms with Gasteiger partial charge in [-0.05, 0) is 90.6 Å². The highest BCUT2D eigenvalue weighted by Gasteiger charge is 2.29. The van der Waals surface area contributed by atoms with Crippen LogP contribution in [0, 0.1) is 33.6 Å². The molecule has 0 bridgehead atoms. The second-order valence-corrected chi connectivity index (χ2v) is 15.2. The zero-order chi connectivity index (χ0) is 31.2. The van der Waals surface area contributed by atoms with Gasteiger partial charge in [0, 0.05) is 11.1 Å². The predicted octanol–water partition coefficient (Wildman–Crippen LogP) is 9.45. The van der Waals surface area contributed by atoms with E-state index in [9.17, 15) is 0 Å². The molecule has 1 atom stereocenters. The maximum Gasteiger partial charge on any atom is 0.217 e. The number of nitrogens with zero attached hydrogens (tertiary/aromatic N) is 1. The summed E-state index contributed by atoms with van der Waals surface area (Å²) >= 11 is 0. The summed E-state index contributed by atoms with van der Waals surface area (Å²) in [6, 6.07) is 41.1. The lowest BCUT2D eigenvalue weighted by Crippen LogP contribution is -2.24. The maximum absolute atomic E-state index is 6.42. The monoisotopic (exact) mass is 605 g/mol. The van der Waals surface area contributed by atoms with Crippen molar-refractivity contribution in [2.24, 2.45) is 10.9 Å². The summed E-state index contributed by atoms with van der Waals surface area (Å²) in [5.74, 6) is 1.18. The van der Waals surface area contributed by atoms with E-state index in [4.69, 9.17) is 9.73 Å². The first-order chi connectivity index (χ1) is 21.8. The van der Waals surface area contributed by atoms with Crippen LogP contribution < -0.4 is 15.9 Å². The van der Waals surface area contributed by atoms with E-state index in [1.165, 1.54) is 70.8 Å². The Morgan fingerprint density at radius 1 is 0.622 bits per heavy atom. The normalized spacial score (nSPS) is 14.8. The number of hydrogen-bond donors (Lipinski definition) is 0. The smallest absolute Gasteiger partial charge is 0.217 e. The number of ether oxygens (including phenoxy) is 1. The molecule has 0 spiro atoms. The molecular weight excluding hydrogens is 565 g/mol. The van der Waals surface area contributed by atoms with Crippen molar-refractivity contribution in [1.29, 1.82) is 0 Å². The second kappa shape index (κ2) is 11.9. The van der Waals surface area contributed by atoms with Gasteiger partial charge in [0.1, 0.15) is 6.61 Å². The fraction of sp³-hybridized carbons (Fsp3) is 0.214. The molecule has 0 fully saturated rings. The maximum atomic E-state index is 6.42. The van der Waals surface area contributed by atoms with Gasteiger partial charge >= 0.3 is 0 Å². The number of fused-ring (bicyclic) bond motifs is 2. The molecule has 3 heteroatoms. The van der Waals surface area contributed by atoms with Crippen LogP contribution in [0.15, 0.2) is 114 Å². The Bertz CT molecular complexity index is 2010. The fourth-order valence-corrected chi connectivity index (χ4v) is 9.76. The first-order valence-corrected chi connectivity index (χ1v) is 17.3. The summed E-state index contributed by atoms with van der Waals surface area (Å²) in [5, 5.41) is 9.04. The van der Waals surface area contributed by atoms with Crippen LogP contribution in [-0.2, 0) is 4.74 Å². The molecule has 0 N–H and O–H groups in total. The van der Waals surface area contributed by atoms with Crippen LogP contribution in [0.1, 0.15) is 41.7 Å². The van der Waals surface area contributed by atoms with Crippen LogP contribution in [0.3, 0.4) is 0 Å². The minimum absolute atomic E-state index is 0.161. The second-order valence-electron chi connectivity index (χ2n) is 13.0. The zero-order valence-electron chi connectivity index (χ0n) is 27.1. The highest BCUT2D eigenvalue weighted by Crippen LogP contribution is 2.44. The molecule has 45 heavy (non-hydrogen) atoms. The van der Waals surface area contributed by atoms with Crippen molar-refractivity contribution in [2.45, 2.75) is 47.6 Å². The molecule has 6 aromatic carbocycles. The van der Waals surface area contributed by atoms with Crippen LogP contribution in [0.25, 0.3) is 32.7 Å².